The second-order valence-corrected chi connectivity index (χ2v) is 11.0. The Morgan fingerprint density at radius 3 is 2.47 bits per heavy atom. The number of aliphatic hydroxyl groups excluding tert-OH is 1. The van der Waals surface area contributed by atoms with Gasteiger partial charge in [-0.15, -0.1) is 23.2 Å². The van der Waals surface area contributed by atoms with Gasteiger partial charge in [0.15, 0.2) is 9.75 Å². The van der Waals surface area contributed by atoms with Crippen molar-refractivity contribution < 1.29 is 28.7 Å². The van der Waals surface area contributed by atoms with Crippen molar-refractivity contribution >= 4 is 62.8 Å². The molecule has 5 rings (SSSR count). The standard InChI is InChI=1S/C23H23BrCl2N2O6/c1-2-7-27-18(30)13-5-4-12-14(16(13)19(27)31)8-22(25)20(32)28(10-24)21(33)23(22,26)17(12)15-6-3-11(9-29)34-15/h3-4,6,13-14,16-17,29H,2,5,7-10H2,1H3/t13-,14+,16-,17+,22+,23-/m0/s1. The Balaban J connectivity index is 1.69. The summed E-state index contributed by atoms with van der Waals surface area (Å²) in [5.41, 5.74) is 0.584. The molecule has 8 nitrogen and oxygen atoms in total. The summed E-state index contributed by atoms with van der Waals surface area (Å²) in [6, 6.07) is 3.17. The summed E-state index contributed by atoms with van der Waals surface area (Å²) in [4.78, 5) is 51.9. The highest BCUT2D eigenvalue weighted by Crippen LogP contribution is 2.65. The number of likely N-dealkylation sites (tertiary alicyclic amines) is 2. The van der Waals surface area contributed by atoms with Gasteiger partial charge < -0.3 is 9.52 Å². The lowest BCUT2D eigenvalue weighted by molar-refractivity contribution is -0.141. The van der Waals surface area contributed by atoms with E-state index in [9.17, 15) is 24.3 Å². The fraction of sp³-hybridized carbons (Fsp3) is 0.565. The Labute approximate surface area is 214 Å². The average molecular weight is 574 g/mol. The van der Waals surface area contributed by atoms with Crippen LogP contribution in [0.2, 0.25) is 0 Å². The molecule has 2 saturated heterocycles. The van der Waals surface area contributed by atoms with Crippen molar-refractivity contribution in [1.82, 2.24) is 9.80 Å². The highest BCUT2D eigenvalue weighted by Gasteiger charge is 2.76. The SMILES string of the molecule is CCCN1C(=O)[C@H]2[C@H](CC=C3[C@H]2C[C@@]2(Cl)C(=O)N(CBr)C(=O)[C@@]2(Cl)[C@H]3c2ccc(CO)o2)C1=O. The summed E-state index contributed by atoms with van der Waals surface area (Å²) in [6.07, 6.45) is 2.76. The van der Waals surface area contributed by atoms with Crippen molar-refractivity contribution in [3.05, 3.63) is 35.3 Å². The van der Waals surface area contributed by atoms with Gasteiger partial charge in [-0.2, -0.15) is 0 Å². The van der Waals surface area contributed by atoms with Gasteiger partial charge >= 0.3 is 0 Å². The molecule has 2 aliphatic carbocycles. The zero-order chi connectivity index (χ0) is 24.6. The molecule has 182 valence electrons. The number of carbonyl (C=O) groups excluding carboxylic acids is 4. The van der Waals surface area contributed by atoms with Gasteiger partial charge in [0.2, 0.25) is 11.8 Å². The van der Waals surface area contributed by atoms with Gasteiger partial charge in [-0.05, 0) is 37.3 Å². The Hall–Kier alpha value is -1.68. The van der Waals surface area contributed by atoms with Crippen LogP contribution >= 0.6 is 39.1 Å². The van der Waals surface area contributed by atoms with Crippen LogP contribution < -0.4 is 0 Å². The smallest absolute Gasteiger partial charge is 0.254 e. The molecule has 4 amide bonds. The van der Waals surface area contributed by atoms with E-state index in [0.29, 0.717) is 25.0 Å². The summed E-state index contributed by atoms with van der Waals surface area (Å²) in [6.45, 7) is 1.86. The first-order chi connectivity index (χ1) is 16.1. The van der Waals surface area contributed by atoms with Crippen molar-refractivity contribution in [1.29, 1.82) is 0 Å². The third-order valence-corrected chi connectivity index (χ3v) is 9.59. The highest BCUT2D eigenvalue weighted by molar-refractivity contribution is 9.09. The van der Waals surface area contributed by atoms with Gasteiger partial charge in [0, 0.05) is 6.54 Å². The predicted octanol–water partition coefficient (Wildman–Crippen LogP) is 2.89. The van der Waals surface area contributed by atoms with Crippen LogP contribution in [0.4, 0.5) is 0 Å². The number of hydrogen-bond acceptors (Lipinski definition) is 6. The second-order valence-electron chi connectivity index (χ2n) is 9.28. The molecular weight excluding hydrogens is 551 g/mol. The molecule has 0 unspecified atom stereocenters. The fourth-order valence-electron chi connectivity index (χ4n) is 6.21. The first kappa shape index (κ1) is 24.0. The van der Waals surface area contributed by atoms with Crippen LogP contribution in [0.3, 0.4) is 0 Å². The molecule has 0 bridgehead atoms. The molecule has 0 radical (unpaired) electrons. The van der Waals surface area contributed by atoms with Gasteiger partial charge in [-0.3, -0.25) is 29.0 Å². The Bertz CT molecular complexity index is 1140. The van der Waals surface area contributed by atoms with Crippen molar-refractivity contribution in [2.45, 2.75) is 48.5 Å². The molecule has 11 heteroatoms. The molecule has 1 saturated carbocycles. The molecular formula is C23H23BrCl2N2O6. The molecule has 0 aromatic carbocycles. The summed E-state index contributed by atoms with van der Waals surface area (Å²) in [7, 11) is 0. The van der Waals surface area contributed by atoms with E-state index in [1.54, 1.807) is 12.1 Å². The zero-order valence-corrected chi connectivity index (χ0v) is 21.4. The Morgan fingerprint density at radius 2 is 1.85 bits per heavy atom. The number of halogens is 3. The number of allylic oxidation sites excluding steroid dienone is 2. The van der Waals surface area contributed by atoms with Crippen molar-refractivity contribution in [2.24, 2.45) is 17.8 Å². The van der Waals surface area contributed by atoms with Crippen LogP contribution in [0.25, 0.3) is 0 Å². The minimum atomic E-state index is -1.89. The van der Waals surface area contributed by atoms with Crippen LogP contribution in [-0.4, -0.2) is 60.3 Å². The largest absolute Gasteiger partial charge is 0.463 e. The predicted molar refractivity (Wildman–Crippen MR) is 125 cm³/mol. The minimum Gasteiger partial charge on any atom is -0.463 e. The molecule has 2 aliphatic heterocycles. The third kappa shape index (κ3) is 2.87. The van der Waals surface area contributed by atoms with Gasteiger partial charge in [0.05, 0.1) is 23.2 Å². The maximum absolute atomic E-state index is 13.5. The average Bonchev–Trinajstić information content (AvgIpc) is 3.42. The number of rotatable bonds is 5. The molecule has 3 heterocycles. The van der Waals surface area contributed by atoms with Gasteiger partial charge in [-0.25, -0.2) is 0 Å². The molecule has 34 heavy (non-hydrogen) atoms. The maximum Gasteiger partial charge on any atom is 0.254 e. The van der Waals surface area contributed by atoms with Gasteiger partial charge in [-0.1, -0.05) is 34.5 Å². The van der Waals surface area contributed by atoms with E-state index in [2.05, 4.69) is 15.9 Å². The number of furan rings is 1. The molecule has 3 fully saturated rings. The number of alkyl halides is 3. The Morgan fingerprint density at radius 1 is 1.12 bits per heavy atom. The van der Waals surface area contributed by atoms with Gasteiger partial charge in [0.1, 0.15) is 18.1 Å². The van der Waals surface area contributed by atoms with E-state index in [0.717, 1.165) is 4.90 Å². The van der Waals surface area contributed by atoms with E-state index in [1.165, 1.54) is 4.90 Å². The first-order valence-electron chi connectivity index (χ1n) is 11.2. The number of amides is 4. The van der Waals surface area contributed by atoms with E-state index < -0.39 is 45.2 Å². The van der Waals surface area contributed by atoms with E-state index in [4.69, 9.17) is 27.6 Å². The van der Waals surface area contributed by atoms with Crippen LogP contribution in [0.15, 0.2) is 28.2 Å². The Kier molecular flexibility index (Phi) is 5.78. The quantitative estimate of drug-likeness (QED) is 0.251. The van der Waals surface area contributed by atoms with Crippen LogP contribution in [0.5, 0.6) is 0 Å². The summed E-state index contributed by atoms with van der Waals surface area (Å²) < 4.78 is 5.82. The number of imide groups is 2. The normalized spacial score (nSPS) is 37.1. The number of fused-ring (bicyclic) bond motifs is 4. The number of aliphatic hydroxyl groups is 1. The minimum absolute atomic E-state index is 0.0534. The van der Waals surface area contributed by atoms with Crippen LogP contribution in [0, 0.1) is 17.8 Å². The highest BCUT2D eigenvalue weighted by atomic mass is 79.9. The number of hydrogen-bond donors (Lipinski definition) is 1. The summed E-state index contributed by atoms with van der Waals surface area (Å²) in [5.74, 6) is -4.00. The van der Waals surface area contributed by atoms with E-state index >= 15 is 0 Å². The third-order valence-electron chi connectivity index (χ3n) is 7.68. The monoisotopic (exact) mass is 572 g/mol. The number of nitrogens with zero attached hydrogens (tertiary/aromatic N) is 2. The van der Waals surface area contributed by atoms with Crippen LogP contribution in [0.1, 0.15) is 43.6 Å². The molecule has 6 atom stereocenters. The van der Waals surface area contributed by atoms with Crippen molar-refractivity contribution in [2.75, 3.05) is 12.0 Å². The zero-order valence-electron chi connectivity index (χ0n) is 18.3. The van der Waals surface area contributed by atoms with E-state index in [-0.39, 0.29) is 41.8 Å². The molecule has 4 aliphatic rings. The summed E-state index contributed by atoms with van der Waals surface area (Å²) >= 11 is 17.3. The summed E-state index contributed by atoms with van der Waals surface area (Å²) in [5, 5.41) is 9.53. The lowest BCUT2D eigenvalue weighted by Crippen LogP contribution is -2.60. The fourth-order valence-corrected chi connectivity index (χ4v) is 7.62. The van der Waals surface area contributed by atoms with Crippen LogP contribution in [-0.2, 0) is 25.8 Å². The first-order valence-corrected chi connectivity index (χ1v) is 13.1. The lowest BCUT2D eigenvalue weighted by Gasteiger charge is -2.49. The molecule has 0 spiro atoms. The lowest BCUT2D eigenvalue weighted by atomic mass is 9.57. The molecule has 1 aromatic heterocycles. The molecule has 1 aromatic rings. The van der Waals surface area contributed by atoms with Crippen molar-refractivity contribution in [3.63, 3.8) is 0 Å². The molecule has 1 N–H and O–H groups in total. The topological polar surface area (TPSA) is 108 Å². The van der Waals surface area contributed by atoms with Gasteiger partial charge in [0.25, 0.3) is 11.8 Å². The maximum atomic E-state index is 13.5. The second kappa shape index (κ2) is 8.18. The number of carbonyl (C=O) groups is 4. The van der Waals surface area contributed by atoms with Crippen molar-refractivity contribution in [3.8, 4) is 0 Å². The van der Waals surface area contributed by atoms with E-state index in [1.807, 2.05) is 13.0 Å².